The van der Waals surface area contributed by atoms with E-state index < -0.39 is 10.8 Å². The number of nitrogens with two attached hydrogens (primary N) is 1. The molecule has 0 unspecified atom stereocenters. The minimum atomic E-state index is -0.510. The number of amides is 1. The number of aromatic nitrogens is 2. The van der Waals surface area contributed by atoms with Crippen LogP contribution < -0.4 is 10.6 Å². The number of hydrogen-bond donors (Lipinski definition) is 2. The molecule has 3 N–H and O–H groups in total. The van der Waals surface area contributed by atoms with Crippen LogP contribution in [0.4, 0.5) is 17.3 Å². The van der Waals surface area contributed by atoms with Gasteiger partial charge in [0.15, 0.2) is 5.17 Å². The number of rotatable bonds is 3. The molecule has 1 saturated heterocycles. The summed E-state index contributed by atoms with van der Waals surface area (Å²) in [6, 6.07) is 5.69. The predicted molar refractivity (Wildman–Crippen MR) is 82.6 cm³/mol. The molecule has 0 atom stereocenters. The highest BCUT2D eigenvalue weighted by atomic mass is 32.2. The largest absolute Gasteiger partial charge is 0.378 e. The monoisotopic (exact) mass is 332 g/mol. The number of anilines is 2. The van der Waals surface area contributed by atoms with Gasteiger partial charge in [-0.05, 0) is 45.8 Å². The minimum absolute atomic E-state index is 0.0420. The summed E-state index contributed by atoms with van der Waals surface area (Å²) in [5.41, 5.74) is 6.08. The number of benzene rings is 1. The molecule has 2 heterocycles. The summed E-state index contributed by atoms with van der Waals surface area (Å²) >= 11 is 0.916. The van der Waals surface area contributed by atoms with Gasteiger partial charge in [-0.3, -0.25) is 20.3 Å². The summed E-state index contributed by atoms with van der Waals surface area (Å²) in [5, 5.41) is 25.3. The van der Waals surface area contributed by atoms with E-state index in [-0.39, 0.29) is 27.4 Å². The zero-order valence-electron chi connectivity index (χ0n) is 11.3. The van der Waals surface area contributed by atoms with Gasteiger partial charge in [0.1, 0.15) is 0 Å². The van der Waals surface area contributed by atoms with E-state index in [4.69, 9.17) is 11.1 Å². The molecule has 0 spiro atoms. The maximum atomic E-state index is 12.4. The van der Waals surface area contributed by atoms with E-state index in [1.807, 2.05) is 0 Å². The van der Waals surface area contributed by atoms with Crippen LogP contribution in [0.2, 0.25) is 0 Å². The smallest absolute Gasteiger partial charge is 0.272 e. The van der Waals surface area contributed by atoms with E-state index in [0.29, 0.717) is 5.56 Å². The molecule has 1 aliphatic heterocycles. The summed E-state index contributed by atoms with van der Waals surface area (Å²) in [5.74, 6) is -0.638. The number of nitro benzene ring substituents is 1. The third kappa shape index (κ3) is 2.64. The van der Waals surface area contributed by atoms with Gasteiger partial charge in [-0.25, -0.2) is 9.53 Å². The zero-order valence-corrected chi connectivity index (χ0v) is 12.1. The van der Waals surface area contributed by atoms with E-state index in [1.165, 1.54) is 30.3 Å². The Balaban J connectivity index is 1.90. The molecule has 1 fully saturated rings. The van der Waals surface area contributed by atoms with Crippen LogP contribution in [0.15, 0.2) is 33.8 Å². The summed E-state index contributed by atoms with van der Waals surface area (Å²) in [6.45, 7) is 0. The molecule has 1 aliphatic rings. The van der Waals surface area contributed by atoms with Crippen LogP contribution in [0.5, 0.6) is 0 Å². The Kier molecular flexibility index (Phi) is 3.54. The van der Waals surface area contributed by atoms with Crippen molar-refractivity contribution >= 4 is 46.2 Å². The van der Waals surface area contributed by atoms with Crippen LogP contribution in [-0.4, -0.2) is 26.3 Å². The molecular weight excluding hydrogens is 324 g/mol. The first-order valence-corrected chi connectivity index (χ1v) is 6.94. The van der Waals surface area contributed by atoms with E-state index in [0.717, 1.165) is 16.7 Å². The fourth-order valence-corrected chi connectivity index (χ4v) is 2.71. The van der Waals surface area contributed by atoms with Crippen LogP contribution in [-0.2, 0) is 4.79 Å². The van der Waals surface area contributed by atoms with Crippen molar-refractivity contribution in [3.63, 3.8) is 0 Å². The average molecular weight is 332 g/mol. The van der Waals surface area contributed by atoms with Crippen molar-refractivity contribution in [3.8, 4) is 0 Å². The molecule has 2 aromatic rings. The number of amidine groups is 1. The van der Waals surface area contributed by atoms with Gasteiger partial charge in [0.05, 0.1) is 9.83 Å². The van der Waals surface area contributed by atoms with Gasteiger partial charge in [-0.1, -0.05) is 0 Å². The van der Waals surface area contributed by atoms with Gasteiger partial charge in [0.25, 0.3) is 11.6 Å². The van der Waals surface area contributed by atoms with Crippen LogP contribution in [0, 0.1) is 15.5 Å². The molecule has 10 nitrogen and oxygen atoms in total. The summed E-state index contributed by atoms with van der Waals surface area (Å²) < 4.78 is 4.44. The standard InChI is InChI=1S/C12H8N6O4S/c13-9-10(16-22-15-9)17-11(19)8(23-12(17)14)5-6-1-3-7(4-2-6)18(20)21/h1-5,14H,(H2,13,15)/b8-5-,14-12?. The zero-order chi connectivity index (χ0) is 16.6. The van der Waals surface area contributed by atoms with Crippen molar-refractivity contribution in [2.45, 2.75) is 0 Å². The Morgan fingerprint density at radius 1 is 1.35 bits per heavy atom. The lowest BCUT2D eigenvalue weighted by atomic mass is 10.2. The Bertz CT molecular complexity index is 843. The molecular formula is C12H8N6O4S. The Hall–Kier alpha value is -3.21. The summed E-state index contributed by atoms with van der Waals surface area (Å²) in [6.07, 6.45) is 1.52. The molecule has 116 valence electrons. The number of thioether (sulfide) groups is 1. The Morgan fingerprint density at radius 2 is 2.04 bits per heavy atom. The lowest BCUT2D eigenvalue weighted by Gasteiger charge is -2.08. The molecule has 1 aromatic heterocycles. The fourth-order valence-electron chi connectivity index (χ4n) is 1.87. The van der Waals surface area contributed by atoms with Crippen molar-refractivity contribution in [1.82, 2.24) is 10.3 Å². The van der Waals surface area contributed by atoms with Crippen molar-refractivity contribution in [3.05, 3.63) is 44.8 Å². The summed E-state index contributed by atoms with van der Waals surface area (Å²) in [7, 11) is 0. The molecule has 1 aromatic carbocycles. The van der Waals surface area contributed by atoms with Crippen molar-refractivity contribution in [2.24, 2.45) is 0 Å². The quantitative estimate of drug-likeness (QED) is 0.488. The lowest BCUT2D eigenvalue weighted by molar-refractivity contribution is -0.384. The lowest BCUT2D eigenvalue weighted by Crippen LogP contribution is -2.29. The number of hydrogen-bond acceptors (Lipinski definition) is 9. The number of nitrogen functional groups attached to an aromatic ring is 1. The third-order valence-electron chi connectivity index (χ3n) is 2.93. The van der Waals surface area contributed by atoms with Crippen LogP contribution in [0.3, 0.4) is 0 Å². The van der Waals surface area contributed by atoms with Crippen molar-refractivity contribution in [2.75, 3.05) is 10.6 Å². The molecule has 0 aliphatic carbocycles. The minimum Gasteiger partial charge on any atom is -0.378 e. The molecule has 1 amide bonds. The predicted octanol–water partition coefficient (Wildman–Crippen LogP) is 1.62. The summed E-state index contributed by atoms with van der Waals surface area (Å²) in [4.78, 5) is 23.7. The molecule has 0 bridgehead atoms. The number of carbonyl (C=O) groups is 1. The Morgan fingerprint density at radius 3 is 2.61 bits per heavy atom. The number of nitro groups is 1. The molecule has 3 rings (SSSR count). The highest BCUT2D eigenvalue weighted by Gasteiger charge is 2.37. The number of non-ortho nitro benzene ring substituents is 1. The molecule has 0 radical (unpaired) electrons. The van der Waals surface area contributed by atoms with Crippen LogP contribution in [0.1, 0.15) is 5.56 Å². The topological polar surface area (TPSA) is 152 Å². The second-order valence-corrected chi connectivity index (χ2v) is 5.41. The first-order valence-electron chi connectivity index (χ1n) is 6.12. The molecule has 11 heteroatoms. The second kappa shape index (κ2) is 5.53. The number of nitrogens with one attached hydrogen (secondary N) is 1. The number of carbonyl (C=O) groups excluding carboxylic acids is 1. The molecule has 0 saturated carbocycles. The van der Waals surface area contributed by atoms with Gasteiger partial charge < -0.3 is 5.73 Å². The maximum Gasteiger partial charge on any atom is 0.272 e. The van der Waals surface area contributed by atoms with Gasteiger partial charge in [0, 0.05) is 12.1 Å². The number of nitrogens with zero attached hydrogens (tertiary/aromatic N) is 4. The fraction of sp³-hybridized carbons (Fsp3) is 0. The van der Waals surface area contributed by atoms with E-state index >= 15 is 0 Å². The van der Waals surface area contributed by atoms with Gasteiger partial charge in [0.2, 0.25) is 11.6 Å². The third-order valence-corrected chi connectivity index (χ3v) is 3.82. The van der Waals surface area contributed by atoms with Crippen molar-refractivity contribution < 1.29 is 14.3 Å². The van der Waals surface area contributed by atoms with E-state index in [2.05, 4.69) is 14.9 Å². The molecule has 23 heavy (non-hydrogen) atoms. The Labute approximate surface area is 132 Å². The second-order valence-electron chi connectivity index (χ2n) is 4.38. The SMILES string of the molecule is N=C1S/C(=C\c2ccc([N+](=O)[O-])cc2)C(=O)N1c1nonc1N. The van der Waals surface area contributed by atoms with E-state index in [9.17, 15) is 14.9 Å². The average Bonchev–Trinajstić information content (AvgIpc) is 3.03. The maximum absolute atomic E-state index is 12.4. The van der Waals surface area contributed by atoms with Crippen molar-refractivity contribution in [1.29, 1.82) is 5.41 Å². The van der Waals surface area contributed by atoms with Gasteiger partial charge >= 0.3 is 0 Å². The van der Waals surface area contributed by atoms with Crippen LogP contribution in [0.25, 0.3) is 6.08 Å². The normalized spacial score (nSPS) is 16.3. The van der Waals surface area contributed by atoms with Gasteiger partial charge in [-0.2, -0.15) is 0 Å². The first kappa shape index (κ1) is 14.7. The highest BCUT2D eigenvalue weighted by Crippen LogP contribution is 2.36. The van der Waals surface area contributed by atoms with Gasteiger partial charge in [-0.15, -0.1) is 0 Å². The van der Waals surface area contributed by atoms with E-state index in [1.54, 1.807) is 0 Å². The highest BCUT2D eigenvalue weighted by molar-refractivity contribution is 8.19. The first-order chi connectivity index (χ1) is 11.0. The van der Waals surface area contributed by atoms with Crippen LogP contribution >= 0.6 is 11.8 Å².